The maximum absolute atomic E-state index is 8.88. The second-order valence-corrected chi connectivity index (χ2v) is 2.31. The van der Waals surface area contributed by atoms with Gasteiger partial charge in [-0.25, -0.2) is 0 Å². The van der Waals surface area contributed by atoms with Gasteiger partial charge in [-0.1, -0.05) is 24.3 Å². The summed E-state index contributed by atoms with van der Waals surface area (Å²) in [4.78, 5) is 0. The fraction of sp³-hybridized carbons (Fsp3) is 0.333. The molecular weight excluding hydrogens is 124 g/mol. The largest absolute Gasteiger partial charge is 0.508 e. The summed E-state index contributed by atoms with van der Waals surface area (Å²) in [5.74, 6) is 0.140. The highest BCUT2D eigenvalue weighted by atomic mass is 16.3. The molecule has 0 amide bonds. The van der Waals surface area contributed by atoms with Crippen molar-refractivity contribution in [3.8, 4) is 0 Å². The highest BCUT2D eigenvalue weighted by Crippen LogP contribution is 2.06. The van der Waals surface area contributed by atoms with Crippen molar-refractivity contribution < 1.29 is 5.11 Å². The van der Waals surface area contributed by atoms with Gasteiger partial charge in [-0.3, -0.25) is 0 Å². The molecule has 0 rings (SSSR count). The molecule has 0 saturated heterocycles. The Labute approximate surface area is 62.4 Å². The molecule has 0 aliphatic heterocycles. The van der Waals surface area contributed by atoms with Gasteiger partial charge >= 0.3 is 0 Å². The van der Waals surface area contributed by atoms with Crippen LogP contribution >= 0.6 is 0 Å². The van der Waals surface area contributed by atoms with Crippen LogP contribution in [0.3, 0.4) is 0 Å². The van der Waals surface area contributed by atoms with Crippen molar-refractivity contribution in [1.82, 2.24) is 0 Å². The Kier molecular flexibility index (Phi) is 3.55. The summed E-state index contributed by atoms with van der Waals surface area (Å²) in [7, 11) is 0. The molecule has 0 unspecified atom stereocenters. The molecule has 0 atom stereocenters. The van der Waals surface area contributed by atoms with Crippen LogP contribution in [0.5, 0.6) is 0 Å². The lowest BCUT2D eigenvalue weighted by molar-refractivity contribution is 0.426. The predicted octanol–water partition coefficient (Wildman–Crippen LogP) is 2.97. The summed E-state index contributed by atoms with van der Waals surface area (Å²) in [5.41, 5.74) is 1.95. The van der Waals surface area contributed by atoms with E-state index in [9.17, 15) is 0 Å². The average molecular weight is 138 g/mol. The number of aliphatic hydroxyl groups is 1. The summed E-state index contributed by atoms with van der Waals surface area (Å²) in [6.07, 6.45) is 3.87. The van der Waals surface area contributed by atoms with E-state index in [-0.39, 0.29) is 5.76 Å². The standard InChI is InChI=1S/C9H14O/c1-5-7(2)6-8(3)9(4)10/h5-6,10H,4H2,1-3H3/b7-5-,8-6-. The molecular formula is C9H14O. The molecule has 0 radical (unpaired) electrons. The molecule has 56 valence electrons. The maximum Gasteiger partial charge on any atom is 0.111 e. The molecule has 1 nitrogen and oxygen atoms in total. The van der Waals surface area contributed by atoms with E-state index in [2.05, 4.69) is 6.58 Å². The third kappa shape index (κ3) is 3.13. The zero-order valence-electron chi connectivity index (χ0n) is 6.81. The Hall–Kier alpha value is -0.980. The van der Waals surface area contributed by atoms with Crippen molar-refractivity contribution in [3.63, 3.8) is 0 Å². The van der Waals surface area contributed by atoms with Gasteiger partial charge in [0.1, 0.15) is 5.76 Å². The second-order valence-electron chi connectivity index (χ2n) is 2.31. The normalized spacial score (nSPS) is 13.5. The van der Waals surface area contributed by atoms with Crippen molar-refractivity contribution in [2.45, 2.75) is 20.8 Å². The molecule has 0 aromatic heterocycles. The van der Waals surface area contributed by atoms with E-state index in [1.54, 1.807) is 0 Å². The van der Waals surface area contributed by atoms with Gasteiger partial charge < -0.3 is 5.11 Å². The Morgan fingerprint density at radius 2 is 1.90 bits per heavy atom. The van der Waals surface area contributed by atoms with Gasteiger partial charge in [0.2, 0.25) is 0 Å². The molecule has 0 aromatic rings. The fourth-order valence-corrected chi connectivity index (χ4v) is 0.508. The number of hydrogen-bond acceptors (Lipinski definition) is 1. The summed E-state index contributed by atoms with van der Waals surface area (Å²) in [6, 6.07) is 0. The zero-order valence-corrected chi connectivity index (χ0v) is 6.81. The van der Waals surface area contributed by atoms with Crippen molar-refractivity contribution in [3.05, 3.63) is 35.6 Å². The lowest BCUT2D eigenvalue weighted by Crippen LogP contribution is -1.80. The average Bonchev–Trinajstić information content (AvgIpc) is 1.87. The van der Waals surface area contributed by atoms with Gasteiger partial charge in [0.15, 0.2) is 0 Å². The number of rotatable bonds is 2. The molecule has 0 fully saturated rings. The van der Waals surface area contributed by atoms with E-state index >= 15 is 0 Å². The summed E-state index contributed by atoms with van der Waals surface area (Å²) >= 11 is 0. The van der Waals surface area contributed by atoms with E-state index in [0.717, 1.165) is 11.1 Å². The Bertz CT molecular complexity index is 185. The molecule has 0 aliphatic carbocycles. The van der Waals surface area contributed by atoms with Crippen LogP contribution < -0.4 is 0 Å². The Morgan fingerprint density at radius 3 is 2.20 bits per heavy atom. The van der Waals surface area contributed by atoms with Gasteiger partial charge in [0, 0.05) is 0 Å². The van der Waals surface area contributed by atoms with Crippen molar-refractivity contribution in [2.75, 3.05) is 0 Å². The monoisotopic (exact) mass is 138 g/mol. The van der Waals surface area contributed by atoms with Crippen LogP contribution in [0.25, 0.3) is 0 Å². The highest BCUT2D eigenvalue weighted by molar-refractivity contribution is 5.28. The van der Waals surface area contributed by atoms with Crippen molar-refractivity contribution in [2.24, 2.45) is 0 Å². The first kappa shape index (κ1) is 9.02. The molecule has 0 bridgehead atoms. The smallest absolute Gasteiger partial charge is 0.111 e. The van der Waals surface area contributed by atoms with E-state index in [0.29, 0.717) is 0 Å². The van der Waals surface area contributed by atoms with E-state index in [1.165, 1.54) is 0 Å². The van der Waals surface area contributed by atoms with E-state index in [4.69, 9.17) is 5.11 Å². The van der Waals surface area contributed by atoms with Crippen LogP contribution in [-0.2, 0) is 0 Å². The van der Waals surface area contributed by atoms with E-state index in [1.807, 2.05) is 32.9 Å². The van der Waals surface area contributed by atoms with Crippen molar-refractivity contribution >= 4 is 0 Å². The zero-order chi connectivity index (χ0) is 8.15. The van der Waals surface area contributed by atoms with Crippen LogP contribution in [0.1, 0.15) is 20.8 Å². The third-order valence-electron chi connectivity index (χ3n) is 1.35. The van der Waals surface area contributed by atoms with Crippen LogP contribution in [-0.4, -0.2) is 5.11 Å². The van der Waals surface area contributed by atoms with Crippen LogP contribution in [0.2, 0.25) is 0 Å². The Balaban J connectivity index is 4.31. The number of aliphatic hydroxyl groups excluding tert-OH is 1. The number of allylic oxidation sites excluding steroid dienone is 4. The van der Waals surface area contributed by atoms with Gasteiger partial charge in [-0.15, -0.1) is 0 Å². The summed E-state index contributed by atoms with van der Waals surface area (Å²) < 4.78 is 0. The maximum atomic E-state index is 8.88. The Morgan fingerprint density at radius 1 is 1.40 bits per heavy atom. The lowest BCUT2D eigenvalue weighted by Gasteiger charge is -1.96. The molecule has 1 N–H and O–H groups in total. The summed E-state index contributed by atoms with van der Waals surface area (Å²) in [5, 5.41) is 8.88. The van der Waals surface area contributed by atoms with Crippen LogP contribution in [0.15, 0.2) is 35.6 Å². The molecule has 0 saturated carbocycles. The predicted molar refractivity (Wildman–Crippen MR) is 45.0 cm³/mol. The first-order valence-corrected chi connectivity index (χ1v) is 3.27. The minimum Gasteiger partial charge on any atom is -0.508 e. The molecule has 0 spiro atoms. The van der Waals surface area contributed by atoms with Gasteiger partial charge in [0.25, 0.3) is 0 Å². The molecule has 0 aromatic carbocycles. The molecule has 1 heteroatoms. The lowest BCUT2D eigenvalue weighted by atomic mass is 10.2. The van der Waals surface area contributed by atoms with Gasteiger partial charge in [-0.2, -0.15) is 0 Å². The van der Waals surface area contributed by atoms with E-state index < -0.39 is 0 Å². The SMILES string of the molecule is C=C(O)/C(C)=C\C(C)=C/C. The number of hydrogen-bond donors (Lipinski definition) is 1. The summed E-state index contributed by atoms with van der Waals surface area (Å²) in [6.45, 7) is 9.17. The topological polar surface area (TPSA) is 20.2 Å². The van der Waals surface area contributed by atoms with Crippen LogP contribution in [0, 0.1) is 0 Å². The first-order valence-electron chi connectivity index (χ1n) is 3.27. The fourth-order valence-electron chi connectivity index (χ4n) is 0.508. The van der Waals surface area contributed by atoms with Crippen LogP contribution in [0.4, 0.5) is 0 Å². The minimum absolute atomic E-state index is 0.140. The highest BCUT2D eigenvalue weighted by Gasteiger charge is 1.90. The van der Waals surface area contributed by atoms with Gasteiger partial charge in [-0.05, 0) is 26.3 Å². The van der Waals surface area contributed by atoms with Gasteiger partial charge in [0.05, 0.1) is 0 Å². The molecule has 0 aliphatic rings. The molecule has 10 heavy (non-hydrogen) atoms. The quantitative estimate of drug-likeness (QED) is 0.459. The minimum atomic E-state index is 0.140. The second kappa shape index (κ2) is 3.94. The third-order valence-corrected chi connectivity index (χ3v) is 1.35. The molecule has 0 heterocycles. The van der Waals surface area contributed by atoms with Crippen molar-refractivity contribution in [1.29, 1.82) is 0 Å². The first-order chi connectivity index (χ1) is 4.57.